The summed E-state index contributed by atoms with van der Waals surface area (Å²) >= 11 is 1.49. The van der Waals surface area contributed by atoms with Crippen LogP contribution in [0.25, 0.3) is 10.1 Å². The molecule has 0 atom stereocenters. The second-order valence-electron chi connectivity index (χ2n) is 2.42. The number of fused-ring (bicyclic) bond motifs is 1. The summed E-state index contributed by atoms with van der Waals surface area (Å²) in [5.41, 5.74) is 0. The fraction of sp³-hybridized carbons (Fsp3) is 0.111. The van der Waals surface area contributed by atoms with Gasteiger partial charge >= 0.3 is 0 Å². The van der Waals surface area contributed by atoms with Crippen LogP contribution in [-0.4, -0.2) is 7.11 Å². The van der Waals surface area contributed by atoms with E-state index in [1.54, 1.807) is 6.07 Å². The van der Waals surface area contributed by atoms with Crippen LogP contribution in [0.4, 0.5) is 4.39 Å². The molecule has 0 amide bonds. The Morgan fingerprint density at radius 1 is 1.33 bits per heavy atom. The van der Waals surface area contributed by atoms with E-state index < -0.39 is 0 Å². The highest BCUT2D eigenvalue weighted by Gasteiger charge is 2.07. The predicted molar refractivity (Wildman–Crippen MR) is 48.3 cm³/mol. The molecule has 0 aliphatic heterocycles. The molecule has 3 heteroatoms. The zero-order valence-electron chi connectivity index (χ0n) is 6.50. The third-order valence-electron chi connectivity index (χ3n) is 1.73. The molecule has 0 unspecified atom stereocenters. The van der Waals surface area contributed by atoms with Crippen molar-refractivity contribution in [1.82, 2.24) is 0 Å². The quantitative estimate of drug-likeness (QED) is 0.658. The van der Waals surface area contributed by atoms with Gasteiger partial charge in [-0.2, -0.15) is 0 Å². The first-order valence-electron chi connectivity index (χ1n) is 3.52. The summed E-state index contributed by atoms with van der Waals surface area (Å²) in [6, 6.07) is 5.12. The fourth-order valence-corrected chi connectivity index (χ4v) is 2.08. The Kier molecular flexibility index (Phi) is 1.73. The zero-order chi connectivity index (χ0) is 8.55. The lowest BCUT2D eigenvalue weighted by molar-refractivity contribution is 0.392. The number of halogens is 1. The van der Waals surface area contributed by atoms with Crippen LogP contribution in [0.5, 0.6) is 5.75 Å². The van der Waals surface area contributed by atoms with Crippen molar-refractivity contribution in [3.05, 3.63) is 29.4 Å². The molecule has 0 aliphatic carbocycles. The number of hydrogen-bond donors (Lipinski definition) is 0. The molecule has 0 spiro atoms. The fourth-order valence-electron chi connectivity index (χ4n) is 1.17. The van der Waals surface area contributed by atoms with E-state index in [-0.39, 0.29) is 5.82 Å². The number of hydrogen-bond acceptors (Lipinski definition) is 2. The van der Waals surface area contributed by atoms with Gasteiger partial charge in [-0.05, 0) is 22.9 Å². The van der Waals surface area contributed by atoms with E-state index >= 15 is 0 Å². The van der Waals surface area contributed by atoms with Gasteiger partial charge in [0.25, 0.3) is 0 Å². The second kappa shape index (κ2) is 2.75. The average Bonchev–Trinajstić information content (AvgIpc) is 2.52. The molecule has 0 N–H and O–H groups in total. The normalized spacial score (nSPS) is 10.5. The minimum Gasteiger partial charge on any atom is -0.492 e. The van der Waals surface area contributed by atoms with Crippen LogP contribution in [0.15, 0.2) is 23.6 Å². The van der Waals surface area contributed by atoms with Crippen molar-refractivity contribution in [2.45, 2.75) is 0 Å². The van der Waals surface area contributed by atoms with E-state index in [4.69, 9.17) is 4.74 Å². The molecule has 1 nitrogen and oxygen atoms in total. The van der Waals surface area contributed by atoms with E-state index in [2.05, 4.69) is 0 Å². The zero-order valence-corrected chi connectivity index (χ0v) is 7.32. The summed E-state index contributed by atoms with van der Waals surface area (Å²) in [7, 11) is 1.48. The van der Waals surface area contributed by atoms with Crippen molar-refractivity contribution in [3.8, 4) is 5.75 Å². The Bertz CT molecular complexity index is 408. The monoisotopic (exact) mass is 182 g/mol. The highest BCUT2D eigenvalue weighted by Crippen LogP contribution is 2.32. The predicted octanol–water partition coefficient (Wildman–Crippen LogP) is 3.05. The highest BCUT2D eigenvalue weighted by atomic mass is 32.1. The molecule has 1 aromatic heterocycles. The summed E-state index contributed by atoms with van der Waals surface area (Å²) < 4.78 is 18.9. The van der Waals surface area contributed by atoms with Gasteiger partial charge in [0.2, 0.25) is 0 Å². The van der Waals surface area contributed by atoms with Crippen LogP contribution < -0.4 is 4.74 Å². The minimum atomic E-state index is -0.299. The lowest BCUT2D eigenvalue weighted by Gasteiger charge is -2.01. The Morgan fingerprint density at radius 3 is 2.92 bits per heavy atom. The van der Waals surface area contributed by atoms with E-state index in [0.717, 1.165) is 10.1 Å². The van der Waals surface area contributed by atoms with Crippen molar-refractivity contribution in [3.63, 3.8) is 0 Å². The molecule has 62 valence electrons. The summed E-state index contributed by atoms with van der Waals surface area (Å²) in [6.45, 7) is 0. The number of thiophene rings is 1. The summed E-state index contributed by atoms with van der Waals surface area (Å²) in [5.74, 6) is 0.0509. The Balaban J connectivity index is 2.83. The molecule has 1 heterocycles. The lowest BCUT2D eigenvalue weighted by Crippen LogP contribution is -1.86. The van der Waals surface area contributed by atoms with E-state index in [9.17, 15) is 4.39 Å². The van der Waals surface area contributed by atoms with Gasteiger partial charge in [-0.25, -0.2) is 4.39 Å². The number of ether oxygens (including phenoxy) is 1. The van der Waals surface area contributed by atoms with Gasteiger partial charge in [0.15, 0.2) is 11.6 Å². The van der Waals surface area contributed by atoms with Crippen molar-refractivity contribution < 1.29 is 9.13 Å². The van der Waals surface area contributed by atoms with Crippen LogP contribution in [-0.2, 0) is 0 Å². The molecular weight excluding hydrogens is 175 g/mol. The Hall–Kier alpha value is -1.09. The first-order chi connectivity index (χ1) is 5.83. The standard InChI is InChI=1S/C9H7FOS/c1-11-8-7(10)3-2-6-4-5-12-9(6)8/h2-5H,1H3. The minimum absolute atomic E-state index is 0.299. The van der Waals surface area contributed by atoms with Gasteiger partial charge in [-0.15, -0.1) is 11.3 Å². The molecule has 2 rings (SSSR count). The van der Waals surface area contributed by atoms with Crippen molar-refractivity contribution >= 4 is 21.4 Å². The molecule has 0 aliphatic rings. The highest BCUT2D eigenvalue weighted by molar-refractivity contribution is 7.17. The molecule has 2 aromatic rings. The van der Waals surface area contributed by atoms with Gasteiger partial charge in [0.1, 0.15) is 0 Å². The van der Waals surface area contributed by atoms with Crippen LogP contribution in [0.2, 0.25) is 0 Å². The third kappa shape index (κ3) is 0.975. The molecular formula is C9H7FOS. The molecule has 0 bridgehead atoms. The Labute approximate surface area is 73.4 Å². The second-order valence-corrected chi connectivity index (χ2v) is 3.34. The van der Waals surface area contributed by atoms with Gasteiger partial charge in [-0.1, -0.05) is 6.07 Å². The van der Waals surface area contributed by atoms with E-state index in [1.807, 2.05) is 11.4 Å². The summed E-state index contributed by atoms with van der Waals surface area (Å²) in [5, 5.41) is 2.95. The number of methoxy groups -OCH3 is 1. The van der Waals surface area contributed by atoms with Crippen LogP contribution in [0, 0.1) is 5.82 Å². The van der Waals surface area contributed by atoms with Crippen molar-refractivity contribution in [1.29, 1.82) is 0 Å². The van der Waals surface area contributed by atoms with Gasteiger partial charge in [0, 0.05) is 0 Å². The van der Waals surface area contributed by atoms with Crippen molar-refractivity contribution in [2.24, 2.45) is 0 Å². The van der Waals surface area contributed by atoms with Crippen molar-refractivity contribution in [2.75, 3.05) is 7.11 Å². The SMILES string of the molecule is COc1c(F)ccc2ccsc12. The van der Waals surface area contributed by atoms with E-state index in [1.165, 1.54) is 24.5 Å². The van der Waals surface area contributed by atoms with E-state index in [0.29, 0.717) is 5.75 Å². The number of benzene rings is 1. The van der Waals surface area contributed by atoms with Crippen LogP contribution >= 0.6 is 11.3 Å². The first-order valence-corrected chi connectivity index (χ1v) is 4.40. The largest absolute Gasteiger partial charge is 0.492 e. The molecule has 0 radical (unpaired) electrons. The third-order valence-corrected chi connectivity index (χ3v) is 2.66. The van der Waals surface area contributed by atoms with Gasteiger partial charge < -0.3 is 4.74 Å². The maximum Gasteiger partial charge on any atom is 0.172 e. The first kappa shape index (κ1) is 7.55. The molecule has 0 fully saturated rings. The summed E-state index contributed by atoms with van der Waals surface area (Å²) in [6.07, 6.45) is 0. The maximum atomic E-state index is 13.1. The smallest absolute Gasteiger partial charge is 0.172 e. The van der Waals surface area contributed by atoms with Gasteiger partial charge in [0.05, 0.1) is 11.8 Å². The maximum absolute atomic E-state index is 13.1. The summed E-state index contributed by atoms with van der Waals surface area (Å²) in [4.78, 5) is 0. The van der Waals surface area contributed by atoms with Gasteiger partial charge in [-0.3, -0.25) is 0 Å². The molecule has 12 heavy (non-hydrogen) atoms. The van der Waals surface area contributed by atoms with Crippen LogP contribution in [0.3, 0.4) is 0 Å². The molecule has 1 aromatic carbocycles. The average molecular weight is 182 g/mol. The Morgan fingerprint density at radius 2 is 2.17 bits per heavy atom. The topological polar surface area (TPSA) is 9.23 Å². The number of rotatable bonds is 1. The molecule has 0 saturated carbocycles. The molecule has 0 saturated heterocycles. The lowest BCUT2D eigenvalue weighted by atomic mass is 10.2. The van der Waals surface area contributed by atoms with Crippen LogP contribution in [0.1, 0.15) is 0 Å².